The van der Waals surface area contributed by atoms with Crippen LogP contribution in [-0.2, 0) is 11.2 Å². The number of nitrogens with zero attached hydrogens (tertiary/aromatic N) is 1. The Labute approximate surface area is 140 Å². The van der Waals surface area contributed by atoms with Gasteiger partial charge in [0.05, 0.1) is 6.20 Å². The van der Waals surface area contributed by atoms with Crippen LogP contribution in [0.15, 0.2) is 59.1 Å². The van der Waals surface area contributed by atoms with Crippen molar-refractivity contribution in [2.45, 2.75) is 19.8 Å². The van der Waals surface area contributed by atoms with Gasteiger partial charge in [0.2, 0.25) is 5.91 Å². The second kappa shape index (κ2) is 7.00. The highest BCUT2D eigenvalue weighted by Crippen LogP contribution is 2.22. The molecule has 3 aromatic rings. The number of benzene rings is 2. The maximum atomic E-state index is 12.0. The van der Waals surface area contributed by atoms with Crippen LogP contribution in [0.25, 0.3) is 11.3 Å². The van der Waals surface area contributed by atoms with Crippen LogP contribution in [0.3, 0.4) is 0 Å². The van der Waals surface area contributed by atoms with Crippen molar-refractivity contribution in [3.63, 3.8) is 0 Å². The van der Waals surface area contributed by atoms with Gasteiger partial charge in [0.1, 0.15) is 5.75 Å². The number of hydrogen-bond acceptors (Lipinski definition) is 4. The van der Waals surface area contributed by atoms with Gasteiger partial charge in [-0.2, -0.15) is 0 Å². The lowest BCUT2D eigenvalue weighted by Crippen LogP contribution is -2.12. The van der Waals surface area contributed by atoms with E-state index in [0.29, 0.717) is 24.5 Å². The van der Waals surface area contributed by atoms with E-state index in [2.05, 4.69) is 10.3 Å². The van der Waals surface area contributed by atoms with Crippen LogP contribution < -0.4 is 5.32 Å². The van der Waals surface area contributed by atoms with E-state index < -0.39 is 0 Å². The first-order valence-electron chi connectivity index (χ1n) is 7.71. The number of hydrogen-bond donors (Lipinski definition) is 2. The Morgan fingerprint density at radius 2 is 1.92 bits per heavy atom. The fraction of sp³-hybridized carbons (Fsp3) is 0.158. The molecule has 1 heterocycles. The maximum absolute atomic E-state index is 12.0. The average Bonchev–Trinajstić information content (AvgIpc) is 3.01. The first kappa shape index (κ1) is 15.8. The molecule has 0 aliphatic rings. The van der Waals surface area contributed by atoms with Crippen LogP contribution in [0.2, 0.25) is 0 Å². The fourth-order valence-electron chi connectivity index (χ4n) is 2.41. The average molecular weight is 322 g/mol. The zero-order chi connectivity index (χ0) is 16.9. The topological polar surface area (TPSA) is 75.4 Å². The summed E-state index contributed by atoms with van der Waals surface area (Å²) in [6.45, 7) is 1.79. The molecule has 5 heteroatoms. The predicted octanol–water partition coefficient (Wildman–Crippen LogP) is 3.93. The van der Waals surface area contributed by atoms with Crippen molar-refractivity contribution in [3.8, 4) is 17.1 Å². The molecule has 2 N–H and O–H groups in total. The lowest BCUT2D eigenvalue weighted by Gasteiger charge is -2.07. The van der Waals surface area contributed by atoms with E-state index in [1.54, 1.807) is 25.3 Å². The third-order valence-electron chi connectivity index (χ3n) is 3.69. The Hall–Kier alpha value is -3.08. The number of phenolic OH excluding ortho intramolecular Hbond substituents is 1. The Balaban J connectivity index is 1.57. The van der Waals surface area contributed by atoms with Crippen molar-refractivity contribution in [2.24, 2.45) is 0 Å². The summed E-state index contributed by atoms with van der Waals surface area (Å²) in [5.74, 6) is 1.44. The summed E-state index contributed by atoms with van der Waals surface area (Å²) in [4.78, 5) is 16.1. The van der Waals surface area contributed by atoms with Crippen LogP contribution in [0.4, 0.5) is 5.69 Å². The summed E-state index contributed by atoms with van der Waals surface area (Å²) in [6, 6.07) is 14.4. The number of nitrogens with one attached hydrogen (secondary N) is 1. The van der Waals surface area contributed by atoms with Crippen LogP contribution >= 0.6 is 0 Å². The zero-order valence-electron chi connectivity index (χ0n) is 13.3. The number of aryl methyl sites for hydroxylation is 2. The predicted molar refractivity (Wildman–Crippen MR) is 91.7 cm³/mol. The largest absolute Gasteiger partial charge is 0.508 e. The monoisotopic (exact) mass is 322 g/mol. The summed E-state index contributed by atoms with van der Waals surface area (Å²) in [7, 11) is 0. The first-order chi connectivity index (χ1) is 11.6. The molecule has 1 aromatic heterocycles. The van der Waals surface area contributed by atoms with Gasteiger partial charge in [0, 0.05) is 24.6 Å². The zero-order valence-corrected chi connectivity index (χ0v) is 13.3. The minimum atomic E-state index is -0.0958. The van der Waals surface area contributed by atoms with Gasteiger partial charge in [-0.1, -0.05) is 18.2 Å². The molecule has 0 atom stereocenters. The van der Waals surface area contributed by atoms with Gasteiger partial charge in [-0.05, 0) is 42.3 Å². The van der Waals surface area contributed by atoms with E-state index >= 15 is 0 Å². The highest BCUT2D eigenvalue weighted by Gasteiger charge is 2.07. The van der Waals surface area contributed by atoms with Gasteiger partial charge in [-0.25, -0.2) is 4.98 Å². The molecule has 0 fully saturated rings. The van der Waals surface area contributed by atoms with Crippen molar-refractivity contribution >= 4 is 11.6 Å². The van der Waals surface area contributed by atoms with Crippen molar-refractivity contribution in [3.05, 3.63) is 66.2 Å². The molecule has 0 radical (unpaired) electrons. The molecule has 3 rings (SSSR count). The van der Waals surface area contributed by atoms with E-state index in [1.807, 2.05) is 36.4 Å². The van der Waals surface area contributed by atoms with E-state index in [4.69, 9.17) is 4.42 Å². The molecule has 0 saturated heterocycles. The fourth-order valence-corrected chi connectivity index (χ4v) is 2.41. The number of carbonyl (C=O) groups excluding carboxylic acids is 1. The van der Waals surface area contributed by atoms with Crippen LogP contribution in [-0.4, -0.2) is 16.0 Å². The summed E-state index contributed by atoms with van der Waals surface area (Å²) < 4.78 is 5.47. The molecule has 0 saturated carbocycles. The molecule has 2 aromatic carbocycles. The summed E-state index contributed by atoms with van der Waals surface area (Å²) in [5.41, 5.74) is 2.39. The molecule has 0 bridgehead atoms. The minimum Gasteiger partial charge on any atom is -0.508 e. The second-order valence-electron chi connectivity index (χ2n) is 5.50. The number of para-hydroxylation sites is 1. The third-order valence-corrected chi connectivity index (χ3v) is 3.69. The Bertz CT molecular complexity index is 838. The number of carbonyl (C=O) groups is 1. The van der Waals surface area contributed by atoms with E-state index in [9.17, 15) is 9.90 Å². The quantitative estimate of drug-likeness (QED) is 0.746. The number of aromatic nitrogens is 1. The Morgan fingerprint density at radius 1 is 1.17 bits per heavy atom. The first-order valence-corrected chi connectivity index (χ1v) is 7.71. The van der Waals surface area contributed by atoms with Gasteiger partial charge < -0.3 is 14.8 Å². The molecular formula is C19H18N2O3. The molecular weight excluding hydrogens is 304 g/mol. The van der Waals surface area contributed by atoms with Crippen molar-refractivity contribution in [1.29, 1.82) is 0 Å². The highest BCUT2D eigenvalue weighted by atomic mass is 16.4. The molecule has 0 unspecified atom stereocenters. The number of rotatable bonds is 5. The number of amides is 1. The van der Waals surface area contributed by atoms with Crippen LogP contribution in [0, 0.1) is 6.92 Å². The minimum absolute atomic E-state index is 0.0958. The van der Waals surface area contributed by atoms with Crippen molar-refractivity contribution in [1.82, 2.24) is 4.98 Å². The molecule has 24 heavy (non-hydrogen) atoms. The summed E-state index contributed by atoms with van der Waals surface area (Å²) in [5, 5.41) is 12.6. The SMILES string of the molecule is Cc1ncc(-c2ccc(NC(=O)CCc3ccccc3O)cc2)o1. The van der Waals surface area contributed by atoms with E-state index in [-0.39, 0.29) is 11.7 Å². The van der Waals surface area contributed by atoms with Gasteiger partial charge in [0.15, 0.2) is 11.7 Å². The Kier molecular flexibility index (Phi) is 4.61. The van der Waals surface area contributed by atoms with Crippen LogP contribution in [0.5, 0.6) is 5.75 Å². The van der Waals surface area contributed by atoms with Gasteiger partial charge >= 0.3 is 0 Å². The molecule has 0 spiro atoms. The van der Waals surface area contributed by atoms with Gasteiger partial charge in [0.25, 0.3) is 0 Å². The number of phenols is 1. The number of aromatic hydroxyl groups is 1. The second-order valence-corrected chi connectivity index (χ2v) is 5.50. The molecule has 0 aliphatic carbocycles. The molecule has 1 amide bonds. The molecule has 5 nitrogen and oxygen atoms in total. The van der Waals surface area contributed by atoms with Gasteiger partial charge in [-0.15, -0.1) is 0 Å². The van der Waals surface area contributed by atoms with Crippen molar-refractivity contribution < 1.29 is 14.3 Å². The summed E-state index contributed by atoms with van der Waals surface area (Å²) in [6.07, 6.45) is 2.48. The number of anilines is 1. The van der Waals surface area contributed by atoms with E-state index in [1.165, 1.54) is 0 Å². The molecule has 122 valence electrons. The van der Waals surface area contributed by atoms with Crippen molar-refractivity contribution in [2.75, 3.05) is 5.32 Å². The lowest BCUT2D eigenvalue weighted by molar-refractivity contribution is -0.116. The lowest BCUT2D eigenvalue weighted by atomic mass is 10.1. The normalized spacial score (nSPS) is 10.5. The Morgan fingerprint density at radius 3 is 2.58 bits per heavy atom. The van der Waals surface area contributed by atoms with Gasteiger partial charge in [-0.3, -0.25) is 4.79 Å². The highest BCUT2D eigenvalue weighted by molar-refractivity contribution is 5.91. The summed E-state index contributed by atoms with van der Waals surface area (Å²) >= 11 is 0. The third kappa shape index (κ3) is 3.81. The maximum Gasteiger partial charge on any atom is 0.224 e. The number of oxazole rings is 1. The standard InChI is InChI=1S/C19H18N2O3/c1-13-20-12-18(24-13)15-6-9-16(10-7-15)21-19(23)11-8-14-4-2-3-5-17(14)22/h2-7,9-10,12,22H,8,11H2,1H3,(H,21,23). The van der Waals surface area contributed by atoms with E-state index in [0.717, 1.165) is 16.8 Å². The molecule has 0 aliphatic heterocycles. The van der Waals surface area contributed by atoms with Crippen LogP contribution in [0.1, 0.15) is 17.9 Å². The smallest absolute Gasteiger partial charge is 0.224 e.